The van der Waals surface area contributed by atoms with Gasteiger partial charge in [-0.05, 0) is 25.1 Å². The van der Waals surface area contributed by atoms with Gasteiger partial charge in [0.1, 0.15) is 5.82 Å². The number of nitrogens with one attached hydrogen (secondary N) is 1. The summed E-state index contributed by atoms with van der Waals surface area (Å²) in [5.74, 6) is 0.931. The Morgan fingerprint density at radius 1 is 1.58 bits per heavy atom. The van der Waals surface area contributed by atoms with Crippen molar-refractivity contribution in [1.82, 2.24) is 9.97 Å². The van der Waals surface area contributed by atoms with Crippen LogP contribution in [0, 0.1) is 5.82 Å². The number of hydrogen-bond donors (Lipinski definition) is 1. The molecule has 2 atom stereocenters. The van der Waals surface area contributed by atoms with Crippen LogP contribution >= 0.6 is 11.6 Å². The summed E-state index contributed by atoms with van der Waals surface area (Å²) in [6, 6.07) is 4.76. The van der Waals surface area contributed by atoms with Gasteiger partial charge in [-0.3, -0.25) is 0 Å². The Balaban J connectivity index is 1.93. The van der Waals surface area contributed by atoms with Crippen molar-refractivity contribution in [3.63, 3.8) is 0 Å². The van der Waals surface area contributed by atoms with E-state index in [1.807, 2.05) is 0 Å². The second-order valence-corrected chi connectivity index (χ2v) is 5.14. The van der Waals surface area contributed by atoms with Gasteiger partial charge in [-0.1, -0.05) is 0 Å². The first-order chi connectivity index (χ1) is 9.17. The molecule has 2 aromatic rings. The van der Waals surface area contributed by atoms with Crippen molar-refractivity contribution >= 4 is 28.6 Å². The number of hydrogen-bond acceptors (Lipinski definition) is 3. The number of H-pyrrole nitrogens is 1. The van der Waals surface area contributed by atoms with E-state index in [1.165, 1.54) is 12.1 Å². The molecule has 0 radical (unpaired) electrons. The summed E-state index contributed by atoms with van der Waals surface area (Å²) < 4.78 is 18.8. The average molecular weight is 284 g/mol. The molecule has 6 heteroatoms. The van der Waals surface area contributed by atoms with Crippen molar-refractivity contribution in [3.05, 3.63) is 24.0 Å². The Kier molecular flexibility index (Phi) is 3.33. The van der Waals surface area contributed by atoms with E-state index in [2.05, 4.69) is 21.8 Å². The van der Waals surface area contributed by atoms with Gasteiger partial charge in [0.25, 0.3) is 0 Å². The summed E-state index contributed by atoms with van der Waals surface area (Å²) in [4.78, 5) is 9.78. The van der Waals surface area contributed by atoms with Crippen molar-refractivity contribution in [2.75, 3.05) is 23.9 Å². The van der Waals surface area contributed by atoms with Gasteiger partial charge in [0, 0.05) is 6.54 Å². The molecule has 1 fully saturated rings. The van der Waals surface area contributed by atoms with E-state index in [4.69, 9.17) is 16.3 Å². The Labute approximate surface area is 115 Å². The van der Waals surface area contributed by atoms with Crippen LogP contribution in [0.5, 0.6) is 0 Å². The maximum Gasteiger partial charge on any atom is 0.204 e. The zero-order chi connectivity index (χ0) is 13.4. The van der Waals surface area contributed by atoms with Crippen LogP contribution in [0.4, 0.5) is 10.3 Å². The van der Waals surface area contributed by atoms with Gasteiger partial charge in [-0.25, -0.2) is 9.37 Å². The molecule has 1 N–H and O–H groups in total. The summed E-state index contributed by atoms with van der Waals surface area (Å²) in [7, 11) is 0. The highest BCUT2D eigenvalue weighted by atomic mass is 35.5. The van der Waals surface area contributed by atoms with Crippen LogP contribution in [0.25, 0.3) is 11.0 Å². The lowest BCUT2D eigenvalue weighted by Crippen LogP contribution is -2.49. The van der Waals surface area contributed by atoms with E-state index in [9.17, 15) is 4.39 Å². The quantitative estimate of drug-likeness (QED) is 0.861. The van der Waals surface area contributed by atoms with Crippen LogP contribution in [0.1, 0.15) is 6.92 Å². The topological polar surface area (TPSA) is 41.1 Å². The molecule has 0 amide bonds. The number of fused-ring (bicyclic) bond motifs is 1. The SMILES string of the molecule is CC1COC(CCl)CN1c1nc2ccc(F)cc2[nH]1. The van der Waals surface area contributed by atoms with Gasteiger partial charge >= 0.3 is 0 Å². The molecule has 0 spiro atoms. The van der Waals surface area contributed by atoms with Crippen molar-refractivity contribution in [3.8, 4) is 0 Å². The molecule has 19 heavy (non-hydrogen) atoms. The monoisotopic (exact) mass is 283 g/mol. The molecule has 3 rings (SSSR count). The molecular formula is C13H15ClFN3O. The van der Waals surface area contributed by atoms with Gasteiger partial charge in [-0.15, -0.1) is 11.6 Å². The number of rotatable bonds is 2. The number of nitrogens with zero attached hydrogens (tertiary/aromatic N) is 2. The Bertz CT molecular complexity index is 588. The first-order valence-corrected chi connectivity index (χ1v) is 6.80. The van der Waals surface area contributed by atoms with E-state index in [-0.39, 0.29) is 18.0 Å². The summed E-state index contributed by atoms with van der Waals surface area (Å²) in [5.41, 5.74) is 1.47. The third-order valence-electron chi connectivity index (χ3n) is 3.38. The first kappa shape index (κ1) is 12.7. The molecule has 4 nitrogen and oxygen atoms in total. The minimum absolute atomic E-state index is 0.00261. The lowest BCUT2D eigenvalue weighted by Gasteiger charge is -2.37. The smallest absolute Gasteiger partial charge is 0.204 e. The fraction of sp³-hybridized carbons (Fsp3) is 0.462. The largest absolute Gasteiger partial charge is 0.373 e. The molecule has 1 aromatic carbocycles. The molecule has 1 aliphatic heterocycles. The number of ether oxygens (including phenoxy) is 1. The van der Waals surface area contributed by atoms with E-state index >= 15 is 0 Å². The summed E-state index contributed by atoms with van der Waals surface area (Å²) >= 11 is 5.85. The highest BCUT2D eigenvalue weighted by molar-refractivity contribution is 6.18. The zero-order valence-corrected chi connectivity index (χ0v) is 11.3. The van der Waals surface area contributed by atoms with Crippen molar-refractivity contribution in [2.45, 2.75) is 19.1 Å². The third kappa shape index (κ3) is 2.40. The average Bonchev–Trinajstić information content (AvgIpc) is 2.82. The Morgan fingerprint density at radius 3 is 3.21 bits per heavy atom. The predicted molar refractivity (Wildman–Crippen MR) is 73.3 cm³/mol. The lowest BCUT2D eigenvalue weighted by molar-refractivity contribution is 0.0358. The molecule has 102 valence electrons. The Morgan fingerprint density at radius 2 is 2.42 bits per heavy atom. The summed E-state index contributed by atoms with van der Waals surface area (Å²) in [5, 5.41) is 0. The number of aromatic nitrogens is 2. The standard InChI is InChI=1S/C13H15ClFN3O/c1-8-7-19-10(5-14)6-18(8)13-16-11-3-2-9(15)4-12(11)17-13/h2-4,8,10H,5-7H2,1H3,(H,16,17). The maximum atomic E-state index is 13.2. The van der Waals surface area contributed by atoms with Crippen LogP contribution in [0.3, 0.4) is 0 Å². The summed E-state index contributed by atoms with van der Waals surface area (Å²) in [6.07, 6.45) is 0.00261. The number of aromatic amines is 1. The molecule has 1 aliphatic rings. The van der Waals surface area contributed by atoms with E-state index in [1.54, 1.807) is 6.07 Å². The lowest BCUT2D eigenvalue weighted by atomic mass is 10.2. The normalized spacial score (nSPS) is 24.1. The molecule has 0 aliphatic carbocycles. The highest BCUT2D eigenvalue weighted by Gasteiger charge is 2.27. The fourth-order valence-corrected chi connectivity index (χ4v) is 2.50. The van der Waals surface area contributed by atoms with Crippen molar-refractivity contribution < 1.29 is 9.13 Å². The van der Waals surface area contributed by atoms with Crippen LogP contribution in [-0.4, -0.2) is 41.1 Å². The number of benzene rings is 1. The van der Waals surface area contributed by atoms with Crippen LogP contribution in [0.2, 0.25) is 0 Å². The minimum Gasteiger partial charge on any atom is -0.373 e. The molecule has 1 aromatic heterocycles. The number of morpholine rings is 1. The third-order valence-corrected chi connectivity index (χ3v) is 3.73. The predicted octanol–water partition coefficient (Wildman–Crippen LogP) is 2.53. The Hall–Kier alpha value is -1.33. The van der Waals surface area contributed by atoms with E-state index < -0.39 is 0 Å². The molecule has 1 saturated heterocycles. The second-order valence-electron chi connectivity index (χ2n) is 4.83. The zero-order valence-electron chi connectivity index (χ0n) is 10.6. The van der Waals surface area contributed by atoms with E-state index in [0.29, 0.717) is 24.5 Å². The highest BCUT2D eigenvalue weighted by Crippen LogP contribution is 2.23. The fourth-order valence-electron chi connectivity index (χ4n) is 2.31. The molecule has 0 bridgehead atoms. The summed E-state index contributed by atoms with van der Waals surface area (Å²) in [6.45, 7) is 3.37. The van der Waals surface area contributed by atoms with E-state index in [0.717, 1.165) is 11.5 Å². The number of halogens is 2. The van der Waals surface area contributed by atoms with Gasteiger partial charge in [0.05, 0.1) is 35.7 Å². The maximum absolute atomic E-state index is 13.2. The van der Waals surface area contributed by atoms with Gasteiger partial charge in [-0.2, -0.15) is 0 Å². The second kappa shape index (κ2) is 4.98. The van der Waals surface area contributed by atoms with Crippen molar-refractivity contribution in [2.24, 2.45) is 0 Å². The number of alkyl halides is 1. The molecular weight excluding hydrogens is 269 g/mol. The molecule has 0 saturated carbocycles. The van der Waals surface area contributed by atoms with Crippen LogP contribution < -0.4 is 4.90 Å². The molecule has 2 unspecified atom stereocenters. The first-order valence-electron chi connectivity index (χ1n) is 6.27. The van der Waals surface area contributed by atoms with Gasteiger partial charge in [0.15, 0.2) is 0 Å². The van der Waals surface area contributed by atoms with Crippen LogP contribution in [0.15, 0.2) is 18.2 Å². The minimum atomic E-state index is -0.267. The number of imidazole rings is 1. The number of anilines is 1. The van der Waals surface area contributed by atoms with Gasteiger partial charge in [0.2, 0.25) is 5.95 Å². The van der Waals surface area contributed by atoms with Gasteiger partial charge < -0.3 is 14.6 Å². The van der Waals surface area contributed by atoms with Crippen LogP contribution in [-0.2, 0) is 4.74 Å². The van der Waals surface area contributed by atoms with Crippen molar-refractivity contribution in [1.29, 1.82) is 0 Å². The molecule has 2 heterocycles.